The van der Waals surface area contributed by atoms with E-state index in [4.69, 9.17) is 0 Å². The van der Waals surface area contributed by atoms with Crippen molar-refractivity contribution in [2.45, 2.75) is 31.1 Å². The second-order valence-corrected chi connectivity index (χ2v) is 11.4. The highest BCUT2D eigenvalue weighted by atomic mass is 32.2. The molecular formula is C22H25FN4O3S2. The van der Waals surface area contributed by atoms with Gasteiger partial charge in [-0.05, 0) is 55.0 Å². The number of thiophene rings is 1. The topological polar surface area (TPSA) is 93.5 Å². The van der Waals surface area contributed by atoms with E-state index in [1.165, 1.54) is 32.7 Å². The number of fused-ring (bicyclic) bond motifs is 1. The third-order valence-corrected chi connectivity index (χ3v) is 9.11. The summed E-state index contributed by atoms with van der Waals surface area (Å²) in [5.74, 6) is -0.109. The molecule has 1 fully saturated rings. The second-order valence-electron chi connectivity index (χ2n) is 8.35. The Bertz CT molecular complexity index is 1150. The van der Waals surface area contributed by atoms with Crippen molar-refractivity contribution >= 4 is 32.3 Å². The molecule has 0 radical (unpaired) electrons. The summed E-state index contributed by atoms with van der Waals surface area (Å²) in [6, 6.07) is 7.04. The Kier molecular flexibility index (Phi) is 6.62. The molecule has 7 nitrogen and oxygen atoms in total. The molecule has 0 spiro atoms. The molecular weight excluding hydrogens is 451 g/mol. The fourth-order valence-electron chi connectivity index (χ4n) is 4.21. The van der Waals surface area contributed by atoms with Crippen molar-refractivity contribution in [3.05, 3.63) is 46.1 Å². The highest BCUT2D eigenvalue weighted by molar-refractivity contribution is 7.89. The predicted octanol–water partition coefficient (Wildman–Crippen LogP) is 2.83. The van der Waals surface area contributed by atoms with E-state index >= 15 is 0 Å². The van der Waals surface area contributed by atoms with Crippen molar-refractivity contribution in [3.8, 4) is 6.07 Å². The zero-order valence-electron chi connectivity index (χ0n) is 17.8. The lowest BCUT2D eigenvalue weighted by atomic mass is 9.89. The third kappa shape index (κ3) is 4.71. The molecule has 1 aliphatic heterocycles. The molecule has 170 valence electrons. The van der Waals surface area contributed by atoms with E-state index in [0.717, 1.165) is 37.0 Å². The SMILES string of the molecule is CC1CCc2c(sc(NC(=O)CN3CCN(S(=O)(=O)c4ccc(F)cc4)CC3)c2C#N)C1. The number of halogens is 1. The highest BCUT2D eigenvalue weighted by Crippen LogP contribution is 2.39. The van der Waals surface area contributed by atoms with Crippen LogP contribution in [-0.2, 0) is 27.7 Å². The molecule has 0 saturated carbocycles. The molecule has 1 aromatic heterocycles. The summed E-state index contributed by atoms with van der Waals surface area (Å²) in [5, 5.41) is 13.1. The van der Waals surface area contributed by atoms with Crippen molar-refractivity contribution in [1.82, 2.24) is 9.21 Å². The van der Waals surface area contributed by atoms with Gasteiger partial charge in [0.2, 0.25) is 15.9 Å². The van der Waals surface area contributed by atoms with Crippen LogP contribution in [0.4, 0.5) is 9.39 Å². The van der Waals surface area contributed by atoms with E-state index in [1.54, 1.807) is 0 Å². The van der Waals surface area contributed by atoms with Gasteiger partial charge in [-0.3, -0.25) is 9.69 Å². The zero-order valence-corrected chi connectivity index (χ0v) is 19.4. The third-order valence-electron chi connectivity index (χ3n) is 6.03. The number of carbonyl (C=O) groups excluding carboxylic acids is 1. The first kappa shape index (κ1) is 22.9. The summed E-state index contributed by atoms with van der Waals surface area (Å²) in [6.45, 7) is 3.66. The summed E-state index contributed by atoms with van der Waals surface area (Å²) in [6.07, 6.45) is 2.86. The number of nitriles is 1. The van der Waals surface area contributed by atoms with Crippen LogP contribution in [0, 0.1) is 23.1 Å². The predicted molar refractivity (Wildman–Crippen MR) is 120 cm³/mol. The number of carbonyl (C=O) groups is 1. The first-order chi connectivity index (χ1) is 15.3. The molecule has 1 atom stereocenters. The molecule has 1 aliphatic carbocycles. The average Bonchev–Trinajstić information content (AvgIpc) is 3.10. The Labute approximate surface area is 191 Å². The van der Waals surface area contributed by atoms with Gasteiger partial charge in [0.15, 0.2) is 0 Å². The van der Waals surface area contributed by atoms with Crippen molar-refractivity contribution in [2.75, 3.05) is 38.0 Å². The number of anilines is 1. The maximum atomic E-state index is 13.1. The number of rotatable bonds is 5. The molecule has 4 rings (SSSR count). The maximum Gasteiger partial charge on any atom is 0.243 e. The van der Waals surface area contributed by atoms with Crippen LogP contribution in [0.1, 0.15) is 29.3 Å². The van der Waals surface area contributed by atoms with E-state index in [9.17, 15) is 22.9 Å². The number of nitrogens with one attached hydrogen (secondary N) is 1. The van der Waals surface area contributed by atoms with E-state index in [1.807, 2.05) is 4.90 Å². The Hall–Kier alpha value is -2.32. The Morgan fingerprint density at radius 1 is 1.25 bits per heavy atom. The van der Waals surface area contributed by atoms with Crippen LogP contribution < -0.4 is 5.32 Å². The molecule has 2 aliphatic rings. The van der Waals surface area contributed by atoms with Crippen LogP contribution >= 0.6 is 11.3 Å². The Morgan fingerprint density at radius 3 is 2.59 bits per heavy atom. The monoisotopic (exact) mass is 476 g/mol. The van der Waals surface area contributed by atoms with Gasteiger partial charge in [-0.15, -0.1) is 11.3 Å². The number of hydrogen-bond acceptors (Lipinski definition) is 6. The standard InChI is InChI=1S/C22H25FN4O3S2/c1-15-2-7-18-19(13-24)22(31-20(18)12-15)25-21(28)14-26-8-10-27(11-9-26)32(29,30)17-5-3-16(23)4-6-17/h3-6,15H,2,7-12,14H2,1H3,(H,25,28). The van der Waals surface area contributed by atoms with Gasteiger partial charge in [0.05, 0.1) is 17.0 Å². The number of nitrogens with zero attached hydrogens (tertiary/aromatic N) is 3. The molecule has 32 heavy (non-hydrogen) atoms. The number of sulfonamides is 1. The van der Waals surface area contributed by atoms with E-state index in [2.05, 4.69) is 18.3 Å². The smallest absolute Gasteiger partial charge is 0.243 e. The molecule has 1 N–H and O–H groups in total. The van der Waals surface area contributed by atoms with Gasteiger partial charge in [-0.2, -0.15) is 9.57 Å². The first-order valence-corrected chi connectivity index (χ1v) is 12.9. The van der Waals surface area contributed by atoms with Crippen LogP contribution in [-0.4, -0.2) is 56.3 Å². The van der Waals surface area contributed by atoms with Gasteiger partial charge in [0.1, 0.15) is 16.9 Å². The van der Waals surface area contributed by atoms with Crippen LogP contribution in [0.3, 0.4) is 0 Å². The molecule has 0 bridgehead atoms. The lowest BCUT2D eigenvalue weighted by Crippen LogP contribution is -2.50. The molecule has 1 unspecified atom stereocenters. The molecule has 1 amide bonds. The number of benzene rings is 1. The molecule has 2 aromatic rings. The fraction of sp³-hybridized carbons (Fsp3) is 0.455. The number of hydrogen-bond donors (Lipinski definition) is 1. The minimum Gasteiger partial charge on any atom is -0.315 e. The fourth-order valence-corrected chi connectivity index (χ4v) is 7.01. The lowest BCUT2D eigenvalue weighted by molar-refractivity contribution is -0.117. The van der Waals surface area contributed by atoms with Crippen molar-refractivity contribution in [2.24, 2.45) is 5.92 Å². The minimum atomic E-state index is -3.69. The first-order valence-electron chi connectivity index (χ1n) is 10.6. The highest BCUT2D eigenvalue weighted by Gasteiger charge is 2.30. The number of amides is 1. The summed E-state index contributed by atoms with van der Waals surface area (Å²) < 4.78 is 39.9. The zero-order chi connectivity index (χ0) is 22.9. The van der Waals surface area contributed by atoms with Crippen LogP contribution in [0.5, 0.6) is 0 Å². The lowest BCUT2D eigenvalue weighted by Gasteiger charge is -2.33. The van der Waals surface area contributed by atoms with Crippen LogP contribution in [0.2, 0.25) is 0 Å². The van der Waals surface area contributed by atoms with Gasteiger partial charge < -0.3 is 5.32 Å². The van der Waals surface area contributed by atoms with E-state index < -0.39 is 15.8 Å². The van der Waals surface area contributed by atoms with Crippen LogP contribution in [0.25, 0.3) is 0 Å². The van der Waals surface area contributed by atoms with Gasteiger partial charge in [0.25, 0.3) is 0 Å². The van der Waals surface area contributed by atoms with Crippen molar-refractivity contribution in [1.29, 1.82) is 5.26 Å². The van der Waals surface area contributed by atoms with Gasteiger partial charge in [-0.1, -0.05) is 6.92 Å². The largest absolute Gasteiger partial charge is 0.315 e. The summed E-state index contributed by atoms with van der Waals surface area (Å²) in [4.78, 5) is 15.8. The van der Waals surface area contributed by atoms with E-state index in [-0.39, 0.29) is 30.4 Å². The van der Waals surface area contributed by atoms with Crippen LogP contribution in [0.15, 0.2) is 29.2 Å². The normalized spacial score (nSPS) is 19.8. The van der Waals surface area contributed by atoms with Gasteiger partial charge >= 0.3 is 0 Å². The summed E-state index contributed by atoms with van der Waals surface area (Å²) in [5.41, 5.74) is 1.66. The van der Waals surface area contributed by atoms with Crippen molar-refractivity contribution < 1.29 is 17.6 Å². The maximum absolute atomic E-state index is 13.1. The molecule has 1 aromatic carbocycles. The molecule has 1 saturated heterocycles. The Morgan fingerprint density at radius 2 is 1.94 bits per heavy atom. The average molecular weight is 477 g/mol. The van der Waals surface area contributed by atoms with Gasteiger partial charge in [-0.25, -0.2) is 12.8 Å². The van der Waals surface area contributed by atoms with Crippen molar-refractivity contribution in [3.63, 3.8) is 0 Å². The van der Waals surface area contributed by atoms with E-state index in [0.29, 0.717) is 29.6 Å². The molecule has 2 heterocycles. The number of piperazine rings is 1. The van der Waals surface area contributed by atoms with Gasteiger partial charge in [0, 0.05) is 31.1 Å². The molecule has 10 heteroatoms. The Balaban J connectivity index is 1.34. The minimum absolute atomic E-state index is 0.0603. The quantitative estimate of drug-likeness (QED) is 0.716. The second kappa shape index (κ2) is 9.27. The summed E-state index contributed by atoms with van der Waals surface area (Å²) in [7, 11) is -3.69. The summed E-state index contributed by atoms with van der Waals surface area (Å²) >= 11 is 1.50.